The minimum absolute atomic E-state index is 0.0305. The quantitative estimate of drug-likeness (QED) is 0.455. The van der Waals surface area contributed by atoms with E-state index in [9.17, 15) is 23.2 Å². The van der Waals surface area contributed by atoms with Crippen molar-refractivity contribution in [2.24, 2.45) is 0 Å². The highest BCUT2D eigenvalue weighted by Crippen LogP contribution is 2.22. The van der Waals surface area contributed by atoms with Crippen LogP contribution < -0.4 is 26.1 Å². The fourth-order valence-electron chi connectivity index (χ4n) is 3.27. The van der Waals surface area contributed by atoms with Gasteiger partial charge in [-0.25, -0.2) is 8.78 Å². The van der Waals surface area contributed by atoms with Gasteiger partial charge in [0.25, 0.3) is 17.4 Å². The lowest BCUT2D eigenvalue weighted by Gasteiger charge is -2.21. The number of ether oxygens (including phenoxy) is 1. The van der Waals surface area contributed by atoms with Gasteiger partial charge in [-0.3, -0.25) is 14.4 Å². The number of carbonyl (C=O) groups is 2. The Kier molecular flexibility index (Phi) is 6.82. The van der Waals surface area contributed by atoms with Gasteiger partial charge in [0.05, 0.1) is 21.3 Å². The minimum atomic E-state index is -2.30. The number of rotatable bonds is 7. The van der Waals surface area contributed by atoms with Crippen molar-refractivity contribution in [3.05, 3.63) is 75.8 Å². The Morgan fingerprint density at radius 2 is 1.67 bits per heavy atom. The number of halogens is 2. The van der Waals surface area contributed by atoms with E-state index in [1.807, 2.05) is 5.16 Å². The first-order chi connectivity index (χ1) is 15.5. The zero-order valence-electron chi connectivity index (χ0n) is 18.4. The molecule has 11 heteroatoms. The van der Waals surface area contributed by atoms with E-state index in [2.05, 4.69) is 10.6 Å². The van der Waals surface area contributed by atoms with Crippen molar-refractivity contribution in [1.29, 1.82) is 0 Å². The lowest BCUT2D eigenvalue weighted by atomic mass is 10.1. The van der Waals surface area contributed by atoms with Crippen LogP contribution in [0.25, 0.3) is 0 Å². The average Bonchev–Trinajstić information content (AvgIpc) is 3.16. The fourth-order valence-corrected chi connectivity index (χ4v) is 4.85. The highest BCUT2D eigenvalue weighted by Gasteiger charge is 2.28. The number of methoxy groups -OCH3 is 1. The SMILES string of the molecule is COc1ccc(C(NC(=O)c2cc(=O)[nH]o2)C(=O)Nc2cc(F)c([Si](C)(C)C)c(F)c2)cc1. The summed E-state index contributed by atoms with van der Waals surface area (Å²) in [4.78, 5) is 36.8. The van der Waals surface area contributed by atoms with E-state index in [0.29, 0.717) is 11.3 Å². The van der Waals surface area contributed by atoms with Crippen molar-refractivity contribution < 1.29 is 27.6 Å². The van der Waals surface area contributed by atoms with Crippen LogP contribution in [0, 0.1) is 11.6 Å². The molecule has 3 N–H and O–H groups in total. The molecule has 8 nitrogen and oxygen atoms in total. The minimum Gasteiger partial charge on any atom is -0.497 e. The molecule has 0 fully saturated rings. The van der Waals surface area contributed by atoms with Crippen molar-refractivity contribution in [1.82, 2.24) is 10.5 Å². The summed E-state index contributed by atoms with van der Waals surface area (Å²) in [6, 6.07) is 8.02. The number of carbonyl (C=O) groups excluding carboxylic acids is 2. The molecule has 0 bridgehead atoms. The second-order valence-corrected chi connectivity index (χ2v) is 13.3. The second-order valence-electron chi connectivity index (χ2n) is 8.31. The van der Waals surface area contributed by atoms with Crippen molar-refractivity contribution in [3.63, 3.8) is 0 Å². The monoisotopic (exact) mass is 475 g/mol. The van der Waals surface area contributed by atoms with E-state index < -0.39 is 43.1 Å². The molecular formula is C22H23F2N3O5Si. The molecule has 0 aliphatic rings. The molecule has 33 heavy (non-hydrogen) atoms. The number of benzene rings is 2. The lowest BCUT2D eigenvalue weighted by Crippen LogP contribution is -2.42. The molecule has 1 atom stereocenters. The molecule has 3 rings (SSSR count). The van der Waals surface area contributed by atoms with Gasteiger partial charge in [-0.2, -0.15) is 5.16 Å². The maximum absolute atomic E-state index is 14.6. The van der Waals surface area contributed by atoms with Gasteiger partial charge < -0.3 is 19.9 Å². The highest BCUT2D eigenvalue weighted by atomic mass is 28.3. The van der Waals surface area contributed by atoms with Gasteiger partial charge in [0.2, 0.25) is 5.76 Å². The number of aromatic amines is 1. The summed E-state index contributed by atoms with van der Waals surface area (Å²) < 4.78 is 39.1. The summed E-state index contributed by atoms with van der Waals surface area (Å²) in [5.74, 6) is -2.90. The molecule has 1 unspecified atom stereocenters. The molecule has 0 aliphatic heterocycles. The number of anilines is 1. The van der Waals surface area contributed by atoms with Crippen LogP contribution >= 0.6 is 0 Å². The van der Waals surface area contributed by atoms with E-state index in [0.717, 1.165) is 18.2 Å². The van der Waals surface area contributed by atoms with Crippen LogP contribution in [0.3, 0.4) is 0 Å². The van der Waals surface area contributed by atoms with Crippen LogP contribution in [0.2, 0.25) is 19.6 Å². The average molecular weight is 476 g/mol. The van der Waals surface area contributed by atoms with E-state index in [4.69, 9.17) is 9.26 Å². The lowest BCUT2D eigenvalue weighted by molar-refractivity contribution is -0.118. The van der Waals surface area contributed by atoms with E-state index in [-0.39, 0.29) is 16.6 Å². The molecular weight excluding hydrogens is 452 g/mol. The van der Waals surface area contributed by atoms with Gasteiger partial charge in [0.15, 0.2) is 0 Å². The van der Waals surface area contributed by atoms with Crippen LogP contribution in [0.5, 0.6) is 5.75 Å². The van der Waals surface area contributed by atoms with Crippen LogP contribution in [-0.4, -0.2) is 32.2 Å². The summed E-state index contributed by atoms with van der Waals surface area (Å²) in [7, 11) is -0.822. The number of nitrogens with one attached hydrogen (secondary N) is 3. The first kappa shape index (κ1) is 23.9. The highest BCUT2D eigenvalue weighted by molar-refractivity contribution is 6.88. The molecule has 174 valence electrons. The Labute approximate surface area is 188 Å². The van der Waals surface area contributed by atoms with Gasteiger partial charge in [0.1, 0.15) is 23.4 Å². The number of hydrogen-bond donors (Lipinski definition) is 3. The van der Waals surface area contributed by atoms with E-state index in [1.165, 1.54) is 7.11 Å². The molecule has 0 aliphatic carbocycles. The maximum Gasteiger partial charge on any atom is 0.290 e. The first-order valence-corrected chi connectivity index (χ1v) is 13.4. The second kappa shape index (κ2) is 9.41. The molecule has 0 spiro atoms. The Bertz CT molecular complexity index is 1210. The smallest absolute Gasteiger partial charge is 0.290 e. The third-order valence-corrected chi connectivity index (χ3v) is 6.77. The van der Waals surface area contributed by atoms with Gasteiger partial charge in [-0.05, 0) is 29.8 Å². The summed E-state index contributed by atoms with van der Waals surface area (Å²) in [5, 5.41) is 6.92. The summed E-state index contributed by atoms with van der Waals surface area (Å²) >= 11 is 0. The van der Waals surface area contributed by atoms with Gasteiger partial charge in [-0.1, -0.05) is 31.8 Å². The number of aromatic nitrogens is 1. The normalized spacial score (nSPS) is 12.2. The number of H-pyrrole nitrogens is 1. The number of amides is 2. The standard InChI is InChI=1S/C22H23F2N3O5Si/c1-31-14-7-5-12(6-8-14)19(26-21(29)17-11-18(28)27-32-17)22(30)25-13-9-15(23)20(16(24)10-13)33(2,3)4/h5-11,19H,1-4H3,(H,25,30)(H,26,29)(H,27,28). The molecule has 2 amide bonds. The van der Waals surface area contributed by atoms with Crippen LogP contribution in [0.1, 0.15) is 22.2 Å². The molecule has 2 aromatic carbocycles. The Morgan fingerprint density at radius 3 is 2.15 bits per heavy atom. The molecule has 1 aromatic heterocycles. The maximum atomic E-state index is 14.6. The van der Waals surface area contributed by atoms with Crippen molar-refractivity contribution in [3.8, 4) is 5.75 Å². The first-order valence-electron chi connectivity index (χ1n) is 9.93. The summed E-state index contributed by atoms with van der Waals surface area (Å²) in [6.07, 6.45) is 0. The Morgan fingerprint density at radius 1 is 1.06 bits per heavy atom. The zero-order valence-corrected chi connectivity index (χ0v) is 19.4. The van der Waals surface area contributed by atoms with Gasteiger partial charge in [0, 0.05) is 10.9 Å². The van der Waals surface area contributed by atoms with E-state index in [1.54, 1.807) is 43.9 Å². The molecule has 0 saturated carbocycles. The van der Waals surface area contributed by atoms with Crippen molar-refractivity contribution >= 4 is 30.8 Å². The molecule has 3 aromatic rings. The van der Waals surface area contributed by atoms with Crippen LogP contribution in [0.15, 0.2) is 51.8 Å². The van der Waals surface area contributed by atoms with Crippen LogP contribution in [0.4, 0.5) is 14.5 Å². The summed E-state index contributed by atoms with van der Waals surface area (Å²) in [6.45, 7) is 5.42. The third kappa shape index (κ3) is 5.55. The molecule has 0 radical (unpaired) electrons. The molecule has 0 saturated heterocycles. The molecule has 1 heterocycles. The zero-order chi connectivity index (χ0) is 24.3. The predicted molar refractivity (Wildman–Crippen MR) is 120 cm³/mol. The Hall–Kier alpha value is -3.73. The van der Waals surface area contributed by atoms with Gasteiger partial charge >= 0.3 is 0 Å². The Balaban J connectivity index is 1.91. The number of hydrogen-bond acceptors (Lipinski definition) is 5. The fraction of sp³-hybridized carbons (Fsp3) is 0.227. The topological polar surface area (TPSA) is 113 Å². The van der Waals surface area contributed by atoms with Crippen molar-refractivity contribution in [2.45, 2.75) is 25.7 Å². The summed E-state index contributed by atoms with van der Waals surface area (Å²) in [5.41, 5.74) is -0.365. The van der Waals surface area contributed by atoms with E-state index >= 15 is 0 Å². The van der Waals surface area contributed by atoms with Crippen molar-refractivity contribution in [2.75, 3.05) is 12.4 Å². The van der Waals surface area contributed by atoms with Crippen LogP contribution in [-0.2, 0) is 4.79 Å². The predicted octanol–water partition coefficient (Wildman–Crippen LogP) is 2.91. The third-order valence-electron chi connectivity index (χ3n) is 4.79. The van der Waals surface area contributed by atoms with Gasteiger partial charge in [-0.15, -0.1) is 0 Å². The largest absolute Gasteiger partial charge is 0.497 e.